The van der Waals surface area contributed by atoms with Crippen LogP contribution in [-0.4, -0.2) is 15.0 Å². The van der Waals surface area contributed by atoms with Crippen LogP contribution >= 0.6 is 0 Å². The molecule has 25 heavy (non-hydrogen) atoms. The first-order chi connectivity index (χ1) is 11.6. The predicted molar refractivity (Wildman–Crippen MR) is 83.5 cm³/mol. The Kier molecular flexibility index (Phi) is 3.81. The molecular formula is C16H14F3N3O3. The second kappa shape index (κ2) is 5.61. The third-order valence-electron chi connectivity index (χ3n) is 4.34. The number of rotatable bonds is 1. The maximum Gasteiger partial charge on any atom is 0.416 e. The van der Waals surface area contributed by atoms with Crippen molar-refractivity contribution in [3.8, 4) is 0 Å². The number of alkyl halides is 3. The first-order valence-corrected chi connectivity index (χ1v) is 7.38. The van der Waals surface area contributed by atoms with Gasteiger partial charge in [0, 0.05) is 26.4 Å². The van der Waals surface area contributed by atoms with Crippen LogP contribution in [0.25, 0.3) is 0 Å². The number of anilines is 1. The van der Waals surface area contributed by atoms with E-state index in [4.69, 9.17) is 0 Å². The minimum absolute atomic E-state index is 0.0269. The fourth-order valence-electron chi connectivity index (χ4n) is 3.13. The number of carbonyl (C=O) groups is 1. The van der Waals surface area contributed by atoms with E-state index in [0.717, 1.165) is 15.2 Å². The maximum absolute atomic E-state index is 13.4. The van der Waals surface area contributed by atoms with Gasteiger partial charge in [0.25, 0.3) is 5.56 Å². The van der Waals surface area contributed by atoms with E-state index < -0.39 is 34.8 Å². The molecule has 0 spiro atoms. The average Bonchev–Trinajstić information content (AvgIpc) is 2.56. The summed E-state index contributed by atoms with van der Waals surface area (Å²) in [7, 11) is 2.59. The van der Waals surface area contributed by atoms with E-state index in [1.54, 1.807) is 0 Å². The lowest BCUT2D eigenvalue weighted by atomic mass is 9.84. The van der Waals surface area contributed by atoms with Crippen molar-refractivity contribution in [1.29, 1.82) is 0 Å². The van der Waals surface area contributed by atoms with Gasteiger partial charge >= 0.3 is 11.9 Å². The highest BCUT2D eigenvalue weighted by Gasteiger charge is 2.39. The zero-order chi connectivity index (χ0) is 18.5. The summed E-state index contributed by atoms with van der Waals surface area (Å²) in [5, 5.41) is 2.42. The summed E-state index contributed by atoms with van der Waals surface area (Å²) >= 11 is 0. The van der Waals surface area contributed by atoms with Gasteiger partial charge in [-0.2, -0.15) is 13.2 Å². The molecular weight excluding hydrogens is 339 g/mol. The number of nitrogens with one attached hydrogen (secondary N) is 1. The van der Waals surface area contributed by atoms with Gasteiger partial charge in [-0.3, -0.25) is 18.7 Å². The van der Waals surface area contributed by atoms with E-state index in [1.807, 2.05) is 0 Å². The van der Waals surface area contributed by atoms with Gasteiger partial charge in [0.05, 0.1) is 11.1 Å². The second-order valence-electron chi connectivity index (χ2n) is 5.86. The van der Waals surface area contributed by atoms with E-state index in [1.165, 1.54) is 32.3 Å². The number of carbonyl (C=O) groups excluding carboxylic acids is 1. The third-order valence-corrected chi connectivity index (χ3v) is 4.34. The van der Waals surface area contributed by atoms with Gasteiger partial charge in [-0.05, 0) is 11.6 Å². The minimum atomic E-state index is -4.63. The van der Waals surface area contributed by atoms with Crippen LogP contribution in [0.5, 0.6) is 0 Å². The molecule has 1 atom stereocenters. The molecule has 0 radical (unpaired) electrons. The normalized spacial score (nSPS) is 17.2. The zero-order valence-electron chi connectivity index (χ0n) is 13.3. The van der Waals surface area contributed by atoms with Gasteiger partial charge < -0.3 is 5.32 Å². The topological polar surface area (TPSA) is 73.1 Å². The Morgan fingerprint density at radius 2 is 1.72 bits per heavy atom. The molecule has 0 fully saturated rings. The van der Waals surface area contributed by atoms with Crippen LogP contribution in [0, 0.1) is 0 Å². The lowest BCUT2D eigenvalue weighted by molar-refractivity contribution is -0.138. The molecule has 2 heterocycles. The average molecular weight is 353 g/mol. The summed E-state index contributed by atoms with van der Waals surface area (Å²) in [6.07, 6.45) is -4.94. The Morgan fingerprint density at radius 1 is 1.08 bits per heavy atom. The molecule has 0 saturated carbocycles. The van der Waals surface area contributed by atoms with E-state index >= 15 is 0 Å². The molecule has 1 aromatic heterocycles. The Hall–Kier alpha value is -2.84. The van der Waals surface area contributed by atoms with Crippen LogP contribution < -0.4 is 16.6 Å². The van der Waals surface area contributed by atoms with Gasteiger partial charge in [0.1, 0.15) is 5.82 Å². The summed E-state index contributed by atoms with van der Waals surface area (Å²) in [5.74, 6) is -1.71. The highest BCUT2D eigenvalue weighted by Crippen LogP contribution is 2.41. The molecule has 132 valence electrons. The van der Waals surface area contributed by atoms with E-state index in [2.05, 4.69) is 5.32 Å². The lowest BCUT2D eigenvalue weighted by Crippen LogP contribution is -2.44. The molecule has 1 aromatic carbocycles. The van der Waals surface area contributed by atoms with Crippen molar-refractivity contribution in [3.05, 3.63) is 61.8 Å². The standard InChI is InChI=1S/C16H14F3N3O3/c1-21-13-12(14(24)22(2)15(21)25)9(7-11(23)20-13)8-5-3-4-6-10(8)16(17,18)19/h3-6,9H,7H2,1-2H3,(H,20,23)/t9-/m1/s1. The van der Waals surface area contributed by atoms with Crippen LogP contribution in [0.4, 0.5) is 19.0 Å². The molecule has 6 nitrogen and oxygen atoms in total. The molecule has 0 unspecified atom stereocenters. The van der Waals surface area contributed by atoms with E-state index in [0.29, 0.717) is 0 Å². The quantitative estimate of drug-likeness (QED) is 0.846. The van der Waals surface area contributed by atoms with Gasteiger partial charge in [0.2, 0.25) is 5.91 Å². The fourth-order valence-corrected chi connectivity index (χ4v) is 3.13. The number of nitrogens with zero attached hydrogens (tertiary/aromatic N) is 2. The van der Waals surface area contributed by atoms with Crippen LogP contribution in [0.15, 0.2) is 33.9 Å². The number of amides is 1. The van der Waals surface area contributed by atoms with Crippen LogP contribution in [0.2, 0.25) is 0 Å². The smallest absolute Gasteiger partial charge is 0.312 e. The summed E-state index contributed by atoms with van der Waals surface area (Å²) < 4.78 is 42.0. The third kappa shape index (κ3) is 2.65. The van der Waals surface area contributed by atoms with Crippen molar-refractivity contribution >= 4 is 11.7 Å². The van der Waals surface area contributed by atoms with Gasteiger partial charge in [0.15, 0.2) is 0 Å². The van der Waals surface area contributed by atoms with Crippen LogP contribution in [0.1, 0.15) is 29.0 Å². The molecule has 3 rings (SSSR count). The Morgan fingerprint density at radius 3 is 2.36 bits per heavy atom. The Labute approximate surface area is 139 Å². The van der Waals surface area contributed by atoms with Crippen molar-refractivity contribution in [3.63, 3.8) is 0 Å². The largest absolute Gasteiger partial charge is 0.416 e. The first kappa shape index (κ1) is 17.0. The van der Waals surface area contributed by atoms with Gasteiger partial charge in [-0.15, -0.1) is 0 Å². The SMILES string of the molecule is Cn1c2c(c(=O)n(C)c1=O)[C@@H](c1ccccc1C(F)(F)F)CC(=O)N2. The molecule has 2 aromatic rings. The summed E-state index contributed by atoms with van der Waals surface area (Å²) in [4.78, 5) is 36.6. The monoisotopic (exact) mass is 353 g/mol. The number of aromatic nitrogens is 2. The lowest BCUT2D eigenvalue weighted by Gasteiger charge is -2.28. The molecule has 1 aliphatic rings. The molecule has 1 amide bonds. The van der Waals surface area contributed by atoms with Crippen molar-refractivity contribution < 1.29 is 18.0 Å². The minimum Gasteiger partial charge on any atom is -0.312 e. The molecule has 9 heteroatoms. The van der Waals surface area contributed by atoms with Gasteiger partial charge in [-0.1, -0.05) is 18.2 Å². The zero-order valence-corrected chi connectivity index (χ0v) is 13.3. The highest BCUT2D eigenvalue weighted by atomic mass is 19.4. The second-order valence-corrected chi connectivity index (χ2v) is 5.86. The number of fused-ring (bicyclic) bond motifs is 1. The van der Waals surface area contributed by atoms with Crippen molar-refractivity contribution in [1.82, 2.24) is 9.13 Å². The van der Waals surface area contributed by atoms with E-state index in [-0.39, 0.29) is 23.4 Å². The Balaban J connectivity index is 2.35. The van der Waals surface area contributed by atoms with Crippen LogP contribution in [-0.2, 0) is 25.1 Å². The van der Waals surface area contributed by atoms with E-state index in [9.17, 15) is 27.6 Å². The first-order valence-electron chi connectivity index (χ1n) is 7.38. The molecule has 1 N–H and O–H groups in total. The molecule has 1 aliphatic heterocycles. The summed E-state index contributed by atoms with van der Waals surface area (Å²) in [5.41, 5.74) is -2.49. The molecule has 0 aliphatic carbocycles. The van der Waals surface area contributed by atoms with Crippen molar-refractivity contribution in [2.45, 2.75) is 18.5 Å². The van der Waals surface area contributed by atoms with Crippen molar-refractivity contribution in [2.24, 2.45) is 14.1 Å². The number of hydrogen-bond donors (Lipinski definition) is 1. The summed E-state index contributed by atoms with van der Waals surface area (Å²) in [6, 6.07) is 4.83. The van der Waals surface area contributed by atoms with Gasteiger partial charge in [-0.25, -0.2) is 4.79 Å². The fraction of sp³-hybridized carbons (Fsp3) is 0.312. The number of halogens is 3. The summed E-state index contributed by atoms with van der Waals surface area (Å²) in [6.45, 7) is 0. The van der Waals surface area contributed by atoms with Crippen LogP contribution in [0.3, 0.4) is 0 Å². The number of benzene rings is 1. The molecule has 0 saturated heterocycles. The predicted octanol–water partition coefficient (Wildman–Crippen LogP) is 1.58. The highest BCUT2D eigenvalue weighted by molar-refractivity contribution is 5.94. The maximum atomic E-state index is 13.4. The number of hydrogen-bond acceptors (Lipinski definition) is 3. The Bertz CT molecular complexity index is 989. The van der Waals surface area contributed by atoms with Crippen molar-refractivity contribution in [2.75, 3.05) is 5.32 Å². The molecule has 0 bridgehead atoms.